The Kier molecular flexibility index (Phi) is 3.71. The van der Waals surface area contributed by atoms with Crippen LogP contribution in [0.25, 0.3) is 0 Å². The molecule has 0 saturated carbocycles. The van der Waals surface area contributed by atoms with Gasteiger partial charge >= 0.3 is 5.97 Å². The number of carbonyl (C=O) groups excluding carboxylic acids is 1. The number of nitrogen functional groups attached to an aromatic ring is 1. The number of carboxylic acid groups (broad SMARTS) is 1. The lowest BCUT2D eigenvalue weighted by Crippen LogP contribution is -2.41. The van der Waals surface area contributed by atoms with Crippen LogP contribution >= 0.6 is 0 Å². The number of hydrogen-bond donors (Lipinski definition) is 3. The molecule has 1 fully saturated rings. The van der Waals surface area contributed by atoms with Gasteiger partial charge in [0.25, 0.3) is 0 Å². The molecule has 6 nitrogen and oxygen atoms in total. The first kappa shape index (κ1) is 13.4. The average molecular weight is 264 g/mol. The van der Waals surface area contributed by atoms with E-state index in [4.69, 9.17) is 10.8 Å². The van der Waals surface area contributed by atoms with Crippen LogP contribution in [0.5, 0.6) is 0 Å². The van der Waals surface area contributed by atoms with Crippen molar-refractivity contribution in [2.24, 2.45) is 0 Å². The predicted molar refractivity (Wildman–Crippen MR) is 68.3 cm³/mol. The number of carbonyl (C=O) groups is 2. The van der Waals surface area contributed by atoms with Crippen molar-refractivity contribution >= 4 is 17.6 Å². The molecule has 4 N–H and O–H groups in total. The molecule has 0 aliphatic carbocycles. The number of carboxylic acids is 1. The van der Waals surface area contributed by atoms with E-state index in [1.165, 1.54) is 4.90 Å². The van der Waals surface area contributed by atoms with Crippen molar-refractivity contribution in [1.82, 2.24) is 4.90 Å². The number of rotatable bonds is 3. The Labute approximate surface area is 110 Å². The van der Waals surface area contributed by atoms with Crippen molar-refractivity contribution in [3.8, 4) is 0 Å². The number of nitrogens with zero attached hydrogens (tertiary/aromatic N) is 1. The highest BCUT2D eigenvalue weighted by Gasteiger charge is 2.38. The van der Waals surface area contributed by atoms with Gasteiger partial charge in [-0.3, -0.25) is 4.79 Å². The maximum Gasteiger partial charge on any atom is 0.326 e. The molecular weight excluding hydrogens is 248 g/mol. The van der Waals surface area contributed by atoms with Crippen LogP contribution in [0.4, 0.5) is 5.69 Å². The Bertz CT molecular complexity index is 486. The minimum absolute atomic E-state index is 0.0742. The quantitative estimate of drug-likeness (QED) is 0.659. The number of aliphatic hydroxyl groups is 1. The molecule has 2 rings (SSSR count). The summed E-state index contributed by atoms with van der Waals surface area (Å²) in [7, 11) is 0. The Hall–Kier alpha value is -2.08. The van der Waals surface area contributed by atoms with Gasteiger partial charge in [-0.1, -0.05) is 12.1 Å². The first-order chi connectivity index (χ1) is 8.97. The fraction of sp³-hybridized carbons (Fsp3) is 0.385. The van der Waals surface area contributed by atoms with Crippen LogP contribution in [0.15, 0.2) is 24.3 Å². The summed E-state index contributed by atoms with van der Waals surface area (Å²) < 4.78 is 0. The second kappa shape index (κ2) is 5.27. The molecule has 1 amide bonds. The van der Waals surface area contributed by atoms with Crippen molar-refractivity contribution in [3.05, 3.63) is 29.8 Å². The number of aliphatic carboxylic acids is 1. The van der Waals surface area contributed by atoms with Crippen LogP contribution in [0, 0.1) is 0 Å². The van der Waals surface area contributed by atoms with Crippen LogP contribution in [-0.4, -0.2) is 45.7 Å². The van der Waals surface area contributed by atoms with Crippen molar-refractivity contribution in [1.29, 1.82) is 0 Å². The van der Waals surface area contributed by atoms with Gasteiger partial charge in [-0.15, -0.1) is 0 Å². The number of aliphatic hydroxyl groups excluding tert-OH is 1. The predicted octanol–water partition coefficient (Wildman–Crippen LogP) is -0.142. The molecule has 1 aromatic rings. The smallest absolute Gasteiger partial charge is 0.326 e. The summed E-state index contributed by atoms with van der Waals surface area (Å²) in [6.45, 7) is 0.0742. The highest BCUT2D eigenvalue weighted by molar-refractivity contribution is 5.85. The van der Waals surface area contributed by atoms with Crippen molar-refractivity contribution in [2.75, 3.05) is 12.3 Å². The fourth-order valence-electron chi connectivity index (χ4n) is 2.24. The van der Waals surface area contributed by atoms with Gasteiger partial charge in [0.05, 0.1) is 12.5 Å². The summed E-state index contributed by atoms with van der Waals surface area (Å²) in [5.41, 5.74) is 6.93. The molecule has 0 radical (unpaired) electrons. The maximum absolute atomic E-state index is 12.1. The molecule has 6 heteroatoms. The zero-order chi connectivity index (χ0) is 14.0. The molecule has 0 spiro atoms. The molecule has 2 atom stereocenters. The summed E-state index contributed by atoms with van der Waals surface area (Å²) in [6.07, 6.45) is -0.573. The molecule has 19 heavy (non-hydrogen) atoms. The summed E-state index contributed by atoms with van der Waals surface area (Å²) in [4.78, 5) is 24.3. The number of anilines is 1. The third-order valence-electron chi connectivity index (χ3n) is 3.22. The minimum Gasteiger partial charge on any atom is -0.480 e. The van der Waals surface area contributed by atoms with E-state index in [-0.39, 0.29) is 25.3 Å². The number of amides is 1. The van der Waals surface area contributed by atoms with Gasteiger partial charge in [-0.2, -0.15) is 0 Å². The van der Waals surface area contributed by atoms with Crippen LogP contribution < -0.4 is 5.73 Å². The number of nitrogens with two attached hydrogens (primary N) is 1. The Morgan fingerprint density at radius 2 is 1.95 bits per heavy atom. The second-order valence-corrected chi connectivity index (χ2v) is 4.71. The highest BCUT2D eigenvalue weighted by Crippen LogP contribution is 2.19. The third-order valence-corrected chi connectivity index (χ3v) is 3.22. The number of hydrogen-bond acceptors (Lipinski definition) is 4. The summed E-state index contributed by atoms with van der Waals surface area (Å²) in [6, 6.07) is 5.91. The minimum atomic E-state index is -1.08. The molecule has 1 heterocycles. The maximum atomic E-state index is 12.1. The van der Waals surface area contributed by atoms with E-state index < -0.39 is 18.1 Å². The van der Waals surface area contributed by atoms with Crippen molar-refractivity contribution < 1.29 is 19.8 Å². The van der Waals surface area contributed by atoms with Gasteiger partial charge in [0.15, 0.2) is 0 Å². The molecule has 1 aliphatic heterocycles. The van der Waals surface area contributed by atoms with Gasteiger partial charge in [0.2, 0.25) is 5.91 Å². The van der Waals surface area contributed by atoms with Gasteiger partial charge in [0.1, 0.15) is 6.04 Å². The molecular formula is C13H16N2O4. The fourth-order valence-corrected chi connectivity index (χ4v) is 2.24. The molecule has 0 bridgehead atoms. The van der Waals surface area contributed by atoms with E-state index in [1.54, 1.807) is 24.3 Å². The highest BCUT2D eigenvalue weighted by atomic mass is 16.4. The largest absolute Gasteiger partial charge is 0.480 e. The van der Waals surface area contributed by atoms with Crippen LogP contribution in [-0.2, 0) is 16.0 Å². The molecule has 1 aromatic carbocycles. The van der Waals surface area contributed by atoms with Gasteiger partial charge < -0.3 is 20.8 Å². The molecule has 0 unspecified atom stereocenters. The van der Waals surface area contributed by atoms with Crippen molar-refractivity contribution in [3.63, 3.8) is 0 Å². The normalized spacial score (nSPS) is 22.5. The first-order valence-corrected chi connectivity index (χ1v) is 6.02. The van der Waals surface area contributed by atoms with Crippen LogP contribution in [0.3, 0.4) is 0 Å². The SMILES string of the molecule is Nc1ccc(CC(=O)N2C[C@@H](O)C[C@H]2C(=O)O)cc1. The van der Waals surface area contributed by atoms with E-state index in [1.807, 2.05) is 0 Å². The zero-order valence-electron chi connectivity index (χ0n) is 10.3. The van der Waals surface area contributed by atoms with E-state index in [0.717, 1.165) is 5.56 Å². The monoisotopic (exact) mass is 264 g/mol. The van der Waals surface area contributed by atoms with E-state index in [0.29, 0.717) is 5.69 Å². The van der Waals surface area contributed by atoms with Gasteiger partial charge in [-0.25, -0.2) is 4.79 Å². The number of β-amino-alcohol motifs (C(OH)–C–C–N with tert-alkyl or cyclic N) is 1. The second-order valence-electron chi connectivity index (χ2n) is 4.71. The first-order valence-electron chi connectivity index (χ1n) is 6.02. The lowest BCUT2D eigenvalue weighted by molar-refractivity contribution is -0.148. The topological polar surface area (TPSA) is 104 Å². The van der Waals surface area contributed by atoms with E-state index >= 15 is 0 Å². The number of benzene rings is 1. The lowest BCUT2D eigenvalue weighted by Gasteiger charge is -2.21. The zero-order valence-corrected chi connectivity index (χ0v) is 10.3. The standard InChI is InChI=1S/C13H16N2O4/c14-9-3-1-8(2-4-9)5-12(17)15-7-10(16)6-11(15)13(18)19/h1-4,10-11,16H,5-7,14H2,(H,18,19)/t10-,11-/m0/s1. The van der Waals surface area contributed by atoms with Crippen LogP contribution in [0.2, 0.25) is 0 Å². The van der Waals surface area contributed by atoms with E-state index in [9.17, 15) is 14.7 Å². The summed E-state index contributed by atoms with van der Waals surface area (Å²) >= 11 is 0. The van der Waals surface area contributed by atoms with Crippen LogP contribution in [0.1, 0.15) is 12.0 Å². The average Bonchev–Trinajstić information content (AvgIpc) is 2.74. The third kappa shape index (κ3) is 3.03. The van der Waals surface area contributed by atoms with Gasteiger partial charge in [-0.05, 0) is 17.7 Å². The van der Waals surface area contributed by atoms with E-state index in [2.05, 4.69) is 0 Å². The molecule has 102 valence electrons. The molecule has 1 aliphatic rings. The molecule has 0 aromatic heterocycles. The Morgan fingerprint density at radius 1 is 1.32 bits per heavy atom. The summed E-state index contributed by atoms with van der Waals surface area (Å²) in [5.74, 6) is -1.38. The lowest BCUT2D eigenvalue weighted by atomic mass is 10.1. The molecule has 1 saturated heterocycles. The summed E-state index contributed by atoms with van der Waals surface area (Å²) in [5, 5.41) is 18.5. The van der Waals surface area contributed by atoms with Crippen molar-refractivity contribution in [2.45, 2.75) is 25.0 Å². The van der Waals surface area contributed by atoms with Gasteiger partial charge in [0, 0.05) is 18.7 Å². The Morgan fingerprint density at radius 3 is 2.53 bits per heavy atom. The number of likely N-dealkylation sites (tertiary alicyclic amines) is 1. The Balaban J connectivity index is 2.06.